The maximum absolute atomic E-state index is 11.8. The van der Waals surface area contributed by atoms with Crippen molar-refractivity contribution in [3.63, 3.8) is 0 Å². The van der Waals surface area contributed by atoms with Gasteiger partial charge < -0.3 is 9.30 Å². The molecule has 0 aliphatic heterocycles. The van der Waals surface area contributed by atoms with E-state index in [1.807, 2.05) is 77.6 Å². The second kappa shape index (κ2) is 8.48. The molecule has 2 aromatic carbocycles. The number of nitrogens with one attached hydrogen (secondary N) is 1. The normalized spacial score (nSPS) is 10.8. The van der Waals surface area contributed by atoms with Gasteiger partial charge in [-0.3, -0.25) is 4.79 Å². The molecule has 0 spiro atoms. The van der Waals surface area contributed by atoms with Gasteiger partial charge in [-0.25, -0.2) is 5.43 Å². The fourth-order valence-corrected chi connectivity index (χ4v) is 2.71. The van der Waals surface area contributed by atoms with Gasteiger partial charge in [-0.2, -0.15) is 5.10 Å². The van der Waals surface area contributed by atoms with Crippen LogP contribution < -0.4 is 10.2 Å². The highest BCUT2D eigenvalue weighted by Gasteiger charge is 2.04. The zero-order valence-electron chi connectivity index (χ0n) is 13.3. The highest BCUT2D eigenvalue weighted by Crippen LogP contribution is 2.19. The molecule has 3 rings (SSSR count). The van der Waals surface area contributed by atoms with Crippen LogP contribution in [-0.4, -0.2) is 23.3 Å². The van der Waals surface area contributed by atoms with Gasteiger partial charge in [0, 0.05) is 23.6 Å². The Morgan fingerprint density at radius 3 is 2.68 bits per heavy atom. The van der Waals surface area contributed by atoms with E-state index in [0.717, 1.165) is 14.8 Å². The Bertz CT molecular complexity index is 875. The average Bonchev–Trinajstić information content (AvgIpc) is 3.11. The summed E-state index contributed by atoms with van der Waals surface area (Å²) in [5.74, 6) is 0.376. The summed E-state index contributed by atoms with van der Waals surface area (Å²) in [6.45, 7) is -0.0810. The van der Waals surface area contributed by atoms with E-state index in [1.165, 1.54) is 0 Å². The molecule has 1 aromatic heterocycles. The first-order valence-electron chi connectivity index (χ1n) is 7.65. The first-order valence-corrected chi connectivity index (χ1v) is 8.73. The number of halogens is 1. The van der Waals surface area contributed by atoms with E-state index in [-0.39, 0.29) is 12.5 Å². The van der Waals surface area contributed by atoms with Crippen LogP contribution in [-0.2, 0) is 4.79 Å². The number of carbonyl (C=O) groups excluding carboxylic acids is 1. The molecule has 0 fully saturated rings. The summed E-state index contributed by atoms with van der Waals surface area (Å²) >= 11 is 2.16. The van der Waals surface area contributed by atoms with Gasteiger partial charge in [-0.1, -0.05) is 30.3 Å². The van der Waals surface area contributed by atoms with E-state index >= 15 is 0 Å². The van der Waals surface area contributed by atoms with Gasteiger partial charge in [0.1, 0.15) is 5.75 Å². The number of carbonyl (C=O) groups is 1. The Morgan fingerprint density at radius 2 is 1.88 bits per heavy atom. The summed E-state index contributed by atoms with van der Waals surface area (Å²) in [4.78, 5) is 11.8. The van der Waals surface area contributed by atoms with Crippen molar-refractivity contribution >= 4 is 34.7 Å². The summed E-state index contributed by atoms with van der Waals surface area (Å²) in [5.41, 5.74) is 4.42. The minimum absolute atomic E-state index is 0.0810. The number of hydrogen-bond donors (Lipinski definition) is 1. The molecule has 1 heterocycles. The van der Waals surface area contributed by atoms with Crippen LogP contribution in [0.3, 0.4) is 0 Å². The maximum Gasteiger partial charge on any atom is 0.277 e. The molecule has 0 aliphatic carbocycles. The van der Waals surface area contributed by atoms with Crippen molar-refractivity contribution in [2.75, 3.05) is 6.61 Å². The number of aromatic nitrogens is 1. The summed E-state index contributed by atoms with van der Waals surface area (Å²) in [5, 5.41) is 3.96. The molecule has 0 atom stereocenters. The predicted molar refractivity (Wildman–Crippen MR) is 106 cm³/mol. The highest BCUT2D eigenvalue weighted by atomic mass is 127. The van der Waals surface area contributed by atoms with E-state index < -0.39 is 0 Å². The quantitative estimate of drug-likeness (QED) is 0.358. The first-order chi connectivity index (χ1) is 12.2. The molecule has 3 aromatic rings. The monoisotopic (exact) mass is 445 g/mol. The summed E-state index contributed by atoms with van der Waals surface area (Å²) in [7, 11) is 0. The van der Waals surface area contributed by atoms with Gasteiger partial charge in [0.2, 0.25) is 0 Å². The fraction of sp³-hybridized carbons (Fsp3) is 0.0526. The third kappa shape index (κ3) is 4.93. The summed E-state index contributed by atoms with van der Waals surface area (Å²) in [6.07, 6.45) is 5.48. The van der Waals surface area contributed by atoms with Crippen LogP contribution in [0.15, 0.2) is 78.2 Å². The predicted octanol–water partition coefficient (Wildman–Crippen LogP) is 3.61. The van der Waals surface area contributed by atoms with Gasteiger partial charge in [-0.15, -0.1) is 0 Å². The van der Waals surface area contributed by atoms with Crippen molar-refractivity contribution in [1.82, 2.24) is 9.99 Å². The van der Waals surface area contributed by atoms with Crippen LogP contribution in [0.1, 0.15) is 5.56 Å². The Morgan fingerprint density at radius 1 is 1.12 bits per heavy atom. The third-order valence-electron chi connectivity index (χ3n) is 3.37. The van der Waals surface area contributed by atoms with Crippen LogP contribution >= 0.6 is 22.6 Å². The highest BCUT2D eigenvalue weighted by molar-refractivity contribution is 14.1. The van der Waals surface area contributed by atoms with Crippen molar-refractivity contribution in [2.24, 2.45) is 5.10 Å². The number of nitrogens with zero attached hydrogens (tertiary/aromatic N) is 2. The van der Waals surface area contributed by atoms with Crippen LogP contribution in [0.25, 0.3) is 5.69 Å². The molecule has 1 N–H and O–H groups in total. The fourth-order valence-electron chi connectivity index (χ4n) is 2.17. The van der Waals surface area contributed by atoms with E-state index in [1.54, 1.807) is 6.21 Å². The Hall–Kier alpha value is -2.61. The number of rotatable bonds is 6. The largest absolute Gasteiger partial charge is 0.483 e. The van der Waals surface area contributed by atoms with Gasteiger partial charge in [0.15, 0.2) is 6.61 Å². The lowest BCUT2D eigenvalue weighted by atomic mass is 10.3. The van der Waals surface area contributed by atoms with Gasteiger partial charge in [0.05, 0.1) is 9.78 Å². The lowest BCUT2D eigenvalue weighted by Crippen LogP contribution is -2.24. The summed E-state index contributed by atoms with van der Waals surface area (Å²) < 4.78 is 8.41. The topological polar surface area (TPSA) is 55.6 Å². The smallest absolute Gasteiger partial charge is 0.277 e. The number of amides is 1. The average molecular weight is 445 g/mol. The lowest BCUT2D eigenvalue weighted by molar-refractivity contribution is -0.123. The third-order valence-corrected chi connectivity index (χ3v) is 4.26. The van der Waals surface area contributed by atoms with E-state index in [2.05, 4.69) is 33.1 Å². The van der Waals surface area contributed by atoms with E-state index in [4.69, 9.17) is 4.74 Å². The minimum atomic E-state index is -0.307. The van der Waals surface area contributed by atoms with Crippen molar-refractivity contribution < 1.29 is 9.53 Å². The second-order valence-electron chi connectivity index (χ2n) is 5.20. The lowest BCUT2D eigenvalue weighted by Gasteiger charge is -2.06. The molecule has 0 bridgehead atoms. The Labute approximate surface area is 159 Å². The van der Waals surface area contributed by atoms with Crippen LogP contribution in [0.4, 0.5) is 0 Å². The minimum Gasteiger partial charge on any atom is -0.483 e. The van der Waals surface area contributed by atoms with Crippen molar-refractivity contribution in [1.29, 1.82) is 0 Å². The first kappa shape index (κ1) is 17.2. The van der Waals surface area contributed by atoms with Crippen LogP contribution in [0.5, 0.6) is 5.75 Å². The Balaban J connectivity index is 1.51. The van der Waals surface area contributed by atoms with Gasteiger partial charge in [-0.05, 0) is 52.9 Å². The van der Waals surface area contributed by atoms with E-state index in [0.29, 0.717) is 5.75 Å². The molecule has 0 saturated heterocycles. The molecule has 0 radical (unpaired) electrons. The van der Waals surface area contributed by atoms with E-state index in [9.17, 15) is 4.79 Å². The molecule has 0 saturated carbocycles. The number of para-hydroxylation sites is 2. The molecule has 1 amide bonds. The molecule has 126 valence electrons. The molecule has 0 unspecified atom stereocenters. The van der Waals surface area contributed by atoms with Crippen LogP contribution in [0.2, 0.25) is 0 Å². The molecule has 0 aliphatic rings. The van der Waals surface area contributed by atoms with Crippen molar-refractivity contribution in [3.8, 4) is 11.4 Å². The zero-order valence-corrected chi connectivity index (χ0v) is 15.5. The Kier molecular flexibility index (Phi) is 5.84. The number of ether oxygens (including phenoxy) is 1. The van der Waals surface area contributed by atoms with Gasteiger partial charge >= 0.3 is 0 Å². The molecular weight excluding hydrogens is 429 g/mol. The maximum atomic E-state index is 11.8. The van der Waals surface area contributed by atoms with Crippen molar-refractivity contribution in [3.05, 3.63) is 82.2 Å². The van der Waals surface area contributed by atoms with Gasteiger partial charge in [0.25, 0.3) is 5.91 Å². The number of hydrazone groups is 1. The SMILES string of the molecule is O=C(COc1ccccc1I)N/N=C/c1ccn(-c2ccccc2)c1. The molecule has 5 nitrogen and oxygen atoms in total. The standard InChI is InChI=1S/C19H16IN3O2/c20-17-8-4-5-9-18(17)25-14-19(24)22-21-12-15-10-11-23(13-15)16-6-2-1-3-7-16/h1-13H,14H2,(H,22,24)/b21-12+. The molecule has 6 heteroatoms. The van der Waals surface area contributed by atoms with Crippen molar-refractivity contribution in [2.45, 2.75) is 0 Å². The molecule has 25 heavy (non-hydrogen) atoms. The second-order valence-corrected chi connectivity index (χ2v) is 6.36. The number of hydrogen-bond acceptors (Lipinski definition) is 3. The summed E-state index contributed by atoms with van der Waals surface area (Å²) in [6, 6.07) is 19.4. The van der Waals surface area contributed by atoms with Crippen LogP contribution in [0, 0.1) is 3.57 Å². The zero-order chi connectivity index (χ0) is 17.5. The number of benzene rings is 2. The molecular formula is C19H16IN3O2.